The molecule has 174 valence electrons. The first-order valence-electron chi connectivity index (χ1n) is 12.2. The minimum absolute atomic E-state index is 0.374. The third kappa shape index (κ3) is 8.04. The summed E-state index contributed by atoms with van der Waals surface area (Å²) in [5.41, 5.74) is 2.42. The summed E-state index contributed by atoms with van der Waals surface area (Å²) in [6.07, 6.45) is 18.5. The highest BCUT2D eigenvalue weighted by Gasteiger charge is 2.26. The summed E-state index contributed by atoms with van der Waals surface area (Å²) >= 11 is 0. The summed E-state index contributed by atoms with van der Waals surface area (Å²) in [6.45, 7) is 14.2. The van der Waals surface area contributed by atoms with Gasteiger partial charge < -0.3 is 0 Å². The van der Waals surface area contributed by atoms with Crippen LogP contribution in [0, 0.1) is 23.6 Å². The molecule has 2 heteroatoms. The van der Waals surface area contributed by atoms with E-state index >= 15 is 0 Å². The number of hydrogen-bond donors (Lipinski definition) is 0. The molecule has 1 fully saturated rings. The van der Waals surface area contributed by atoms with Gasteiger partial charge in [0.1, 0.15) is 11.6 Å². The summed E-state index contributed by atoms with van der Waals surface area (Å²) in [7, 11) is 0. The van der Waals surface area contributed by atoms with Crippen molar-refractivity contribution in [2.45, 2.75) is 72.1 Å². The molecule has 0 aromatic heterocycles. The lowest BCUT2D eigenvalue weighted by atomic mass is 9.89. The Kier molecular flexibility index (Phi) is 10.9. The quantitative estimate of drug-likeness (QED) is 0.225. The predicted molar refractivity (Wildman–Crippen MR) is 136 cm³/mol. The molecule has 0 bridgehead atoms. The Balaban J connectivity index is 2.03. The van der Waals surface area contributed by atoms with Gasteiger partial charge in [0.2, 0.25) is 0 Å². The molecule has 3 atom stereocenters. The highest BCUT2D eigenvalue weighted by Crippen LogP contribution is 2.38. The fourth-order valence-corrected chi connectivity index (χ4v) is 4.54. The molecule has 0 saturated heterocycles. The van der Waals surface area contributed by atoms with Gasteiger partial charge in [0.05, 0.1) is 0 Å². The molecule has 0 radical (unpaired) electrons. The molecular formula is C30H40F2. The summed E-state index contributed by atoms with van der Waals surface area (Å²) in [5, 5.41) is 0. The Bertz CT molecular complexity index is 856. The highest BCUT2D eigenvalue weighted by molar-refractivity contribution is 5.78. The van der Waals surface area contributed by atoms with Crippen molar-refractivity contribution >= 4 is 11.1 Å². The Labute approximate surface area is 194 Å². The van der Waals surface area contributed by atoms with E-state index in [1.54, 1.807) is 12.1 Å². The molecule has 32 heavy (non-hydrogen) atoms. The van der Waals surface area contributed by atoms with E-state index < -0.39 is 5.83 Å². The molecule has 0 nitrogen and oxygen atoms in total. The van der Waals surface area contributed by atoms with E-state index in [1.807, 2.05) is 18.2 Å². The second-order valence-corrected chi connectivity index (χ2v) is 9.27. The summed E-state index contributed by atoms with van der Waals surface area (Å²) < 4.78 is 28.4. The minimum Gasteiger partial charge on any atom is -0.208 e. The number of unbranched alkanes of at least 4 members (excludes halogenated alkanes) is 2. The molecule has 1 aliphatic rings. The van der Waals surface area contributed by atoms with Crippen LogP contribution in [0.1, 0.15) is 83.3 Å². The first kappa shape index (κ1) is 26.0. The molecule has 1 aromatic rings. The second-order valence-electron chi connectivity index (χ2n) is 9.27. The van der Waals surface area contributed by atoms with E-state index in [4.69, 9.17) is 0 Å². The van der Waals surface area contributed by atoms with Crippen molar-refractivity contribution < 1.29 is 8.78 Å². The predicted octanol–water partition coefficient (Wildman–Crippen LogP) is 9.86. The van der Waals surface area contributed by atoms with Crippen LogP contribution < -0.4 is 0 Å². The number of hydrogen-bond acceptors (Lipinski definition) is 0. The molecule has 2 rings (SSSR count). The minimum atomic E-state index is -0.585. The van der Waals surface area contributed by atoms with E-state index in [9.17, 15) is 8.78 Å². The van der Waals surface area contributed by atoms with Crippen LogP contribution >= 0.6 is 0 Å². The third-order valence-electron chi connectivity index (χ3n) is 6.80. The Morgan fingerprint density at radius 1 is 1.16 bits per heavy atom. The summed E-state index contributed by atoms with van der Waals surface area (Å²) in [6, 6.07) is 5.05. The van der Waals surface area contributed by atoms with Crippen LogP contribution in [0.3, 0.4) is 0 Å². The normalized spacial score (nSPS) is 20.3. The van der Waals surface area contributed by atoms with Gasteiger partial charge in [-0.1, -0.05) is 89.6 Å². The smallest absolute Gasteiger partial charge is 0.131 e. The van der Waals surface area contributed by atoms with E-state index in [1.165, 1.54) is 37.8 Å². The van der Waals surface area contributed by atoms with Crippen LogP contribution in [-0.4, -0.2) is 0 Å². The Hall–Kier alpha value is -2.22. The maximum atomic E-state index is 14.9. The Morgan fingerprint density at radius 3 is 2.59 bits per heavy atom. The summed E-state index contributed by atoms with van der Waals surface area (Å²) in [5.74, 6) is 1.46. The molecule has 0 amide bonds. The lowest BCUT2D eigenvalue weighted by Crippen LogP contribution is -2.06. The van der Waals surface area contributed by atoms with Crippen LogP contribution in [-0.2, 0) is 0 Å². The zero-order chi connectivity index (χ0) is 23.5. The molecule has 1 saturated carbocycles. The lowest BCUT2D eigenvalue weighted by Gasteiger charge is -2.17. The van der Waals surface area contributed by atoms with Gasteiger partial charge in [0, 0.05) is 5.56 Å². The topological polar surface area (TPSA) is 0 Å². The maximum Gasteiger partial charge on any atom is 0.131 e. The van der Waals surface area contributed by atoms with Gasteiger partial charge in [-0.05, 0) is 78.7 Å². The average molecular weight is 439 g/mol. The second kappa shape index (κ2) is 13.4. The van der Waals surface area contributed by atoms with Gasteiger partial charge in [0.25, 0.3) is 0 Å². The molecule has 0 spiro atoms. The fraction of sp³-hybridized carbons (Fsp3) is 0.467. The highest BCUT2D eigenvalue weighted by atomic mass is 19.1. The van der Waals surface area contributed by atoms with Crippen LogP contribution in [0.5, 0.6) is 0 Å². The SMILES string of the molecule is C=C(F)/C=C(\C=C/CCCC)c1ccc(C(=C)/C=C\CC2CCC(C(C)CC)C2)cc1F. The monoisotopic (exact) mass is 438 g/mol. The number of benzene rings is 1. The van der Waals surface area contributed by atoms with Crippen LogP contribution in [0.15, 0.2) is 67.6 Å². The van der Waals surface area contributed by atoms with Crippen molar-refractivity contribution in [3.8, 4) is 0 Å². The molecule has 1 aromatic carbocycles. The zero-order valence-electron chi connectivity index (χ0n) is 20.2. The molecule has 0 heterocycles. The summed E-state index contributed by atoms with van der Waals surface area (Å²) in [4.78, 5) is 0. The van der Waals surface area contributed by atoms with Crippen LogP contribution in [0.4, 0.5) is 8.78 Å². The van der Waals surface area contributed by atoms with Gasteiger partial charge in [-0.15, -0.1) is 0 Å². The van der Waals surface area contributed by atoms with Gasteiger partial charge in [-0.25, -0.2) is 8.78 Å². The standard InChI is InChI=1S/C30H40F2/c1-6-8-9-10-14-28(19-24(5)31)29-18-17-27(21-30(29)32)23(4)12-11-13-25-15-16-26(20-25)22(3)7-2/h10-12,14,17-19,21-22,25-26H,4-9,13,15-16,20H2,1-3H3/b12-11-,14-10-,28-19+. The average Bonchev–Trinajstić information content (AvgIpc) is 3.24. The number of halogens is 2. The number of allylic oxidation sites excluding steroid dienone is 8. The molecule has 3 unspecified atom stereocenters. The van der Waals surface area contributed by atoms with Crippen LogP contribution in [0.25, 0.3) is 11.1 Å². The van der Waals surface area contributed by atoms with E-state index in [0.717, 1.165) is 54.6 Å². The molecule has 0 N–H and O–H groups in total. The first-order chi connectivity index (χ1) is 15.3. The van der Waals surface area contributed by atoms with Gasteiger partial charge in [0.15, 0.2) is 0 Å². The van der Waals surface area contributed by atoms with Crippen molar-refractivity contribution in [2.24, 2.45) is 17.8 Å². The lowest BCUT2D eigenvalue weighted by molar-refractivity contribution is 0.344. The van der Waals surface area contributed by atoms with E-state index in [-0.39, 0.29) is 5.82 Å². The third-order valence-corrected chi connectivity index (χ3v) is 6.80. The molecular weight excluding hydrogens is 398 g/mol. The Morgan fingerprint density at radius 2 is 1.94 bits per heavy atom. The first-order valence-corrected chi connectivity index (χ1v) is 12.2. The van der Waals surface area contributed by atoms with Crippen molar-refractivity contribution in [3.63, 3.8) is 0 Å². The largest absolute Gasteiger partial charge is 0.208 e. The van der Waals surface area contributed by atoms with Crippen LogP contribution in [0.2, 0.25) is 0 Å². The van der Waals surface area contributed by atoms with Gasteiger partial charge in [-0.2, -0.15) is 0 Å². The van der Waals surface area contributed by atoms with Gasteiger partial charge in [-0.3, -0.25) is 0 Å². The van der Waals surface area contributed by atoms with E-state index in [2.05, 4.69) is 40.0 Å². The fourth-order valence-electron chi connectivity index (χ4n) is 4.54. The van der Waals surface area contributed by atoms with Crippen molar-refractivity contribution in [1.82, 2.24) is 0 Å². The maximum absolute atomic E-state index is 14.9. The van der Waals surface area contributed by atoms with Crippen molar-refractivity contribution in [2.75, 3.05) is 0 Å². The molecule has 1 aliphatic carbocycles. The molecule has 0 aliphatic heterocycles. The number of rotatable bonds is 12. The van der Waals surface area contributed by atoms with Gasteiger partial charge >= 0.3 is 0 Å². The van der Waals surface area contributed by atoms with E-state index in [0.29, 0.717) is 11.1 Å². The van der Waals surface area contributed by atoms with Crippen molar-refractivity contribution in [3.05, 3.63) is 84.5 Å². The zero-order valence-corrected chi connectivity index (χ0v) is 20.2. The van der Waals surface area contributed by atoms with Crippen molar-refractivity contribution in [1.29, 1.82) is 0 Å².